The van der Waals surface area contributed by atoms with E-state index in [4.69, 9.17) is 5.11 Å². The summed E-state index contributed by atoms with van der Waals surface area (Å²) < 4.78 is 0. The summed E-state index contributed by atoms with van der Waals surface area (Å²) in [6, 6.07) is 0. The summed E-state index contributed by atoms with van der Waals surface area (Å²) in [5.41, 5.74) is 0. The average molecular weight is 152 g/mol. The molecule has 0 amide bonds. The second-order valence-corrected chi connectivity index (χ2v) is 0. The summed E-state index contributed by atoms with van der Waals surface area (Å²) in [7, 11) is 1.00. The van der Waals surface area contributed by atoms with Gasteiger partial charge in [0.15, 0.2) is 0 Å². The Balaban J connectivity index is -0.00000000500. The van der Waals surface area contributed by atoms with Crippen molar-refractivity contribution in [1.82, 2.24) is 0 Å². The van der Waals surface area contributed by atoms with E-state index in [9.17, 15) is 0 Å². The van der Waals surface area contributed by atoms with Crippen LogP contribution in [-0.2, 0) is 0 Å². The molecule has 0 aliphatic carbocycles. The zero-order valence-corrected chi connectivity index (χ0v) is 6.33. The van der Waals surface area contributed by atoms with Crippen LogP contribution in [0.4, 0.5) is 0 Å². The fourth-order valence-electron chi connectivity index (χ4n) is 0. The van der Waals surface area contributed by atoms with Crippen LogP contribution in [0.25, 0.3) is 0 Å². The first-order valence-corrected chi connectivity index (χ1v) is 0.447. The maximum absolute atomic E-state index is 7.00. The van der Waals surface area contributed by atoms with Gasteiger partial charge in [-0.2, -0.15) is 0 Å². The molecule has 0 radical (unpaired) electrons. The standard InChI is InChI=1S/CH4O.BrH.Ca/c1-2;;/h2H,1H3;1H;/q;;+2/p-1. The van der Waals surface area contributed by atoms with Gasteiger partial charge in [0.1, 0.15) is 0 Å². The monoisotopic (exact) mass is 151 g/mol. The van der Waals surface area contributed by atoms with Crippen molar-refractivity contribution >= 4 is 37.7 Å². The Bertz CT molecular complexity index is 8.00. The molecule has 0 atom stereocenters. The van der Waals surface area contributed by atoms with Gasteiger partial charge in [0.2, 0.25) is 0 Å². The summed E-state index contributed by atoms with van der Waals surface area (Å²) in [4.78, 5) is 0. The first-order chi connectivity index (χ1) is 1.00. The van der Waals surface area contributed by atoms with E-state index in [1.165, 1.54) is 0 Å². The number of hydrogen-bond donors (Lipinski definition) is 1. The normalized spacial score (nSPS) is 1.50. The Hall–Kier alpha value is 1.70. The van der Waals surface area contributed by atoms with Crippen LogP contribution in [0.15, 0.2) is 0 Å². The van der Waals surface area contributed by atoms with Crippen LogP contribution in [0.2, 0.25) is 0 Å². The van der Waals surface area contributed by atoms with Crippen molar-refractivity contribution < 1.29 is 22.1 Å². The number of aliphatic hydroxyl groups is 1. The van der Waals surface area contributed by atoms with Crippen molar-refractivity contribution in [2.24, 2.45) is 0 Å². The fourth-order valence-corrected chi connectivity index (χ4v) is 0. The summed E-state index contributed by atoms with van der Waals surface area (Å²) in [6.07, 6.45) is 0. The minimum Gasteiger partial charge on any atom is -1.00 e. The zero-order valence-electron chi connectivity index (χ0n) is 2.53. The molecule has 0 aliphatic heterocycles. The molecule has 0 aromatic carbocycles. The van der Waals surface area contributed by atoms with Gasteiger partial charge in [0, 0.05) is 7.11 Å². The van der Waals surface area contributed by atoms with Gasteiger partial charge >= 0.3 is 37.7 Å². The van der Waals surface area contributed by atoms with Gasteiger partial charge in [-0.3, -0.25) is 0 Å². The first kappa shape index (κ1) is 17.3. The predicted octanol–water partition coefficient (Wildman–Crippen LogP) is -3.77. The topological polar surface area (TPSA) is 20.2 Å². The SMILES string of the molecule is CO.[Br-].[Ca+2]. The Labute approximate surface area is 66.2 Å². The third kappa shape index (κ3) is 9.33. The van der Waals surface area contributed by atoms with Crippen LogP contribution >= 0.6 is 0 Å². The van der Waals surface area contributed by atoms with E-state index in [-0.39, 0.29) is 54.7 Å². The van der Waals surface area contributed by atoms with Gasteiger partial charge in [0.05, 0.1) is 0 Å². The van der Waals surface area contributed by atoms with Gasteiger partial charge < -0.3 is 22.1 Å². The molecule has 4 heavy (non-hydrogen) atoms. The van der Waals surface area contributed by atoms with Gasteiger partial charge in [0.25, 0.3) is 0 Å². The fraction of sp³-hybridized carbons (Fsp3) is 1.00. The smallest absolute Gasteiger partial charge is 1.00 e. The van der Waals surface area contributed by atoms with Crippen LogP contribution in [0.5, 0.6) is 0 Å². The van der Waals surface area contributed by atoms with E-state index in [2.05, 4.69) is 0 Å². The van der Waals surface area contributed by atoms with Gasteiger partial charge in [-0.15, -0.1) is 0 Å². The van der Waals surface area contributed by atoms with E-state index in [1.807, 2.05) is 0 Å². The molecule has 0 rings (SSSR count). The minimum atomic E-state index is 0. The molecule has 3 heteroatoms. The van der Waals surface area contributed by atoms with E-state index in [0.29, 0.717) is 0 Å². The molecule has 0 unspecified atom stereocenters. The van der Waals surface area contributed by atoms with Crippen molar-refractivity contribution in [3.05, 3.63) is 0 Å². The molecule has 0 aromatic heterocycles. The molecule has 0 heterocycles. The van der Waals surface area contributed by atoms with Crippen molar-refractivity contribution in [1.29, 1.82) is 0 Å². The Morgan fingerprint density at radius 1 is 1.25 bits per heavy atom. The van der Waals surface area contributed by atoms with E-state index < -0.39 is 0 Å². The molecule has 0 aromatic rings. The number of aliphatic hydroxyl groups excluding tert-OH is 1. The molecular weight excluding hydrogens is 148 g/mol. The first-order valence-electron chi connectivity index (χ1n) is 0.447. The average Bonchev–Trinajstić information content (AvgIpc) is 1.00. The number of halogens is 1. The van der Waals surface area contributed by atoms with Gasteiger partial charge in [-0.05, 0) is 0 Å². The molecule has 22 valence electrons. The van der Waals surface area contributed by atoms with Crippen molar-refractivity contribution in [2.45, 2.75) is 0 Å². The summed E-state index contributed by atoms with van der Waals surface area (Å²) in [5.74, 6) is 0. The minimum absolute atomic E-state index is 0. The maximum atomic E-state index is 7.00. The maximum Gasteiger partial charge on any atom is 2.00 e. The number of hydrogen-bond acceptors (Lipinski definition) is 1. The van der Waals surface area contributed by atoms with Crippen molar-refractivity contribution in [2.75, 3.05) is 7.11 Å². The van der Waals surface area contributed by atoms with E-state index in [1.54, 1.807) is 0 Å². The molecule has 0 saturated heterocycles. The largest absolute Gasteiger partial charge is 2.00 e. The van der Waals surface area contributed by atoms with E-state index in [0.717, 1.165) is 7.11 Å². The van der Waals surface area contributed by atoms with Gasteiger partial charge in [-0.25, -0.2) is 0 Å². The van der Waals surface area contributed by atoms with Crippen LogP contribution < -0.4 is 17.0 Å². The molecule has 1 N–H and O–H groups in total. The molecular formula is CH4BrCaO+. The molecule has 0 fully saturated rings. The summed E-state index contributed by atoms with van der Waals surface area (Å²) >= 11 is 0. The summed E-state index contributed by atoms with van der Waals surface area (Å²) in [6.45, 7) is 0. The second kappa shape index (κ2) is 22.3. The Morgan fingerprint density at radius 3 is 1.25 bits per heavy atom. The van der Waals surface area contributed by atoms with Gasteiger partial charge in [-0.1, -0.05) is 0 Å². The molecule has 0 aliphatic rings. The van der Waals surface area contributed by atoms with Crippen LogP contribution in [0, 0.1) is 0 Å². The predicted molar refractivity (Wildman–Crippen MR) is 13.9 cm³/mol. The third-order valence-electron chi connectivity index (χ3n) is 0. The molecule has 0 bridgehead atoms. The van der Waals surface area contributed by atoms with Crippen LogP contribution in [0.3, 0.4) is 0 Å². The van der Waals surface area contributed by atoms with Crippen molar-refractivity contribution in [3.8, 4) is 0 Å². The van der Waals surface area contributed by atoms with Crippen LogP contribution in [0.1, 0.15) is 0 Å². The quantitative estimate of drug-likeness (QED) is 0.353. The molecule has 0 spiro atoms. The Morgan fingerprint density at radius 2 is 1.25 bits per heavy atom. The molecule has 0 saturated carbocycles. The van der Waals surface area contributed by atoms with E-state index >= 15 is 0 Å². The van der Waals surface area contributed by atoms with Crippen molar-refractivity contribution in [3.63, 3.8) is 0 Å². The summed E-state index contributed by atoms with van der Waals surface area (Å²) in [5, 5.41) is 7.00. The third-order valence-corrected chi connectivity index (χ3v) is 0. The number of rotatable bonds is 0. The second-order valence-electron chi connectivity index (χ2n) is 0. The Kier molecular flexibility index (Phi) is 96.2. The van der Waals surface area contributed by atoms with Crippen LogP contribution in [-0.4, -0.2) is 50.0 Å². The molecule has 1 nitrogen and oxygen atoms in total. The zero-order chi connectivity index (χ0) is 2.00.